The van der Waals surface area contributed by atoms with Crippen molar-refractivity contribution in [3.05, 3.63) is 38.2 Å². The van der Waals surface area contributed by atoms with Crippen LogP contribution in [-0.4, -0.2) is 38.4 Å². The maximum Gasteiger partial charge on any atom is 0.330 e. The zero-order chi connectivity index (χ0) is 21.0. The number of pyridine rings is 1. The van der Waals surface area contributed by atoms with Crippen LogP contribution < -0.4 is 11.2 Å². The second kappa shape index (κ2) is 9.17. The van der Waals surface area contributed by atoms with Gasteiger partial charge in [0.05, 0.1) is 10.9 Å². The van der Waals surface area contributed by atoms with Gasteiger partial charge in [-0.1, -0.05) is 41.0 Å². The van der Waals surface area contributed by atoms with E-state index >= 15 is 0 Å². The molecule has 154 valence electrons. The van der Waals surface area contributed by atoms with Crippen molar-refractivity contribution in [1.29, 1.82) is 0 Å². The molecule has 7 nitrogen and oxygen atoms in total. The van der Waals surface area contributed by atoms with E-state index in [4.69, 9.17) is 0 Å². The lowest BCUT2D eigenvalue weighted by atomic mass is 10.0. The Bertz CT molecular complexity index is 957. The maximum atomic E-state index is 13.3. The number of hydrogen-bond donors (Lipinski definition) is 1. The molecule has 2 rings (SSSR count). The highest BCUT2D eigenvalue weighted by atomic mass is 16.2. The Morgan fingerprint density at radius 1 is 1.21 bits per heavy atom. The fourth-order valence-corrected chi connectivity index (χ4v) is 3.21. The van der Waals surface area contributed by atoms with Crippen LogP contribution in [0.5, 0.6) is 0 Å². The zero-order valence-electron chi connectivity index (χ0n) is 17.8. The maximum absolute atomic E-state index is 13.3. The first-order valence-corrected chi connectivity index (χ1v) is 10.2. The number of amides is 1. The van der Waals surface area contributed by atoms with E-state index in [1.54, 1.807) is 11.0 Å². The van der Waals surface area contributed by atoms with Crippen LogP contribution in [0, 0.1) is 5.92 Å². The van der Waals surface area contributed by atoms with E-state index < -0.39 is 11.2 Å². The van der Waals surface area contributed by atoms with Crippen LogP contribution >= 0.6 is 0 Å². The predicted octanol–water partition coefficient (Wildman–Crippen LogP) is 3.13. The largest absolute Gasteiger partial charge is 0.339 e. The van der Waals surface area contributed by atoms with Crippen molar-refractivity contribution in [2.24, 2.45) is 5.92 Å². The fraction of sp³-hybridized carbons (Fsp3) is 0.619. The third-order valence-electron chi connectivity index (χ3n) is 4.79. The van der Waals surface area contributed by atoms with Crippen molar-refractivity contribution in [3.8, 4) is 0 Å². The second-order valence-electron chi connectivity index (χ2n) is 7.95. The van der Waals surface area contributed by atoms with Crippen molar-refractivity contribution >= 4 is 16.9 Å². The number of fused-ring (bicyclic) bond motifs is 1. The molecule has 0 unspecified atom stereocenters. The van der Waals surface area contributed by atoms with Crippen molar-refractivity contribution < 1.29 is 4.79 Å². The first kappa shape index (κ1) is 21.9. The lowest BCUT2D eigenvalue weighted by Crippen LogP contribution is -2.36. The summed E-state index contributed by atoms with van der Waals surface area (Å²) in [5.41, 5.74) is 0.271. The number of aromatic nitrogens is 3. The van der Waals surface area contributed by atoms with Gasteiger partial charge in [-0.25, -0.2) is 9.78 Å². The summed E-state index contributed by atoms with van der Waals surface area (Å²) in [7, 11) is 0. The molecule has 0 spiro atoms. The molecule has 0 saturated heterocycles. The molecule has 0 aromatic carbocycles. The van der Waals surface area contributed by atoms with Crippen LogP contribution in [0.3, 0.4) is 0 Å². The molecule has 1 amide bonds. The number of carbonyl (C=O) groups is 1. The van der Waals surface area contributed by atoms with Gasteiger partial charge in [-0.2, -0.15) is 0 Å². The minimum Gasteiger partial charge on any atom is -0.339 e. The Hall–Kier alpha value is -2.44. The van der Waals surface area contributed by atoms with Gasteiger partial charge in [0, 0.05) is 25.3 Å². The van der Waals surface area contributed by atoms with E-state index in [0.29, 0.717) is 36.5 Å². The van der Waals surface area contributed by atoms with Gasteiger partial charge in [-0.15, -0.1) is 0 Å². The number of aromatic amines is 1. The molecular formula is C21H32N4O3. The van der Waals surface area contributed by atoms with Gasteiger partial charge >= 0.3 is 5.69 Å². The van der Waals surface area contributed by atoms with Gasteiger partial charge in [0.25, 0.3) is 11.5 Å². The summed E-state index contributed by atoms with van der Waals surface area (Å²) in [6.45, 7) is 13.6. The minimum absolute atomic E-state index is 0.0589. The number of rotatable bonds is 8. The summed E-state index contributed by atoms with van der Waals surface area (Å²) < 4.78 is 1.48. The topological polar surface area (TPSA) is 88.1 Å². The van der Waals surface area contributed by atoms with Gasteiger partial charge in [-0.05, 0) is 31.2 Å². The standard InChI is InChI=1S/C21H32N4O3/c1-7-9-10-24(8-2)20(27)15-11-16(14(5)6)22-18-17(15)19(26)23-21(28)25(18)12-13(3)4/h11,13-14H,7-10,12H2,1-6H3,(H,23,26,28). The van der Waals surface area contributed by atoms with Crippen molar-refractivity contribution in [2.75, 3.05) is 13.1 Å². The third kappa shape index (κ3) is 4.51. The van der Waals surface area contributed by atoms with E-state index in [2.05, 4.69) is 16.9 Å². The van der Waals surface area contributed by atoms with E-state index in [0.717, 1.165) is 12.8 Å². The first-order valence-electron chi connectivity index (χ1n) is 10.2. The highest BCUT2D eigenvalue weighted by Gasteiger charge is 2.23. The van der Waals surface area contributed by atoms with Crippen LogP contribution in [0.15, 0.2) is 15.7 Å². The molecule has 2 aromatic rings. The summed E-state index contributed by atoms with van der Waals surface area (Å²) in [6.07, 6.45) is 1.88. The molecule has 0 bridgehead atoms. The molecule has 0 aliphatic rings. The molecular weight excluding hydrogens is 356 g/mol. The normalized spacial score (nSPS) is 11.6. The number of hydrogen-bond acceptors (Lipinski definition) is 4. The van der Waals surface area contributed by atoms with Crippen LogP contribution in [0.4, 0.5) is 0 Å². The quantitative estimate of drug-likeness (QED) is 0.752. The van der Waals surface area contributed by atoms with Crippen LogP contribution in [0.2, 0.25) is 0 Å². The van der Waals surface area contributed by atoms with E-state index in [-0.39, 0.29) is 23.1 Å². The molecule has 0 atom stereocenters. The van der Waals surface area contributed by atoms with Gasteiger partial charge < -0.3 is 4.90 Å². The third-order valence-corrected chi connectivity index (χ3v) is 4.79. The number of nitrogens with zero attached hydrogens (tertiary/aromatic N) is 3. The lowest BCUT2D eigenvalue weighted by molar-refractivity contribution is 0.0764. The number of carbonyl (C=O) groups excluding carboxylic acids is 1. The molecule has 28 heavy (non-hydrogen) atoms. The highest BCUT2D eigenvalue weighted by molar-refractivity contribution is 6.05. The Morgan fingerprint density at radius 2 is 1.89 bits per heavy atom. The average Bonchev–Trinajstić information content (AvgIpc) is 2.64. The number of unbranched alkanes of at least 4 members (excludes halogenated alkanes) is 1. The van der Waals surface area contributed by atoms with Crippen molar-refractivity contribution in [2.45, 2.75) is 66.8 Å². The molecule has 2 aromatic heterocycles. The lowest BCUT2D eigenvalue weighted by Gasteiger charge is -2.22. The average molecular weight is 389 g/mol. The zero-order valence-corrected chi connectivity index (χ0v) is 17.8. The molecule has 0 radical (unpaired) electrons. The molecule has 0 aliphatic carbocycles. The molecule has 2 heterocycles. The number of nitrogens with one attached hydrogen (secondary N) is 1. The predicted molar refractivity (Wildman–Crippen MR) is 112 cm³/mol. The summed E-state index contributed by atoms with van der Waals surface area (Å²) in [6, 6.07) is 1.71. The molecule has 0 aliphatic heterocycles. The van der Waals surface area contributed by atoms with Gasteiger partial charge in [0.1, 0.15) is 0 Å². The Morgan fingerprint density at radius 3 is 2.43 bits per heavy atom. The second-order valence-corrected chi connectivity index (χ2v) is 7.95. The first-order chi connectivity index (χ1) is 13.2. The summed E-state index contributed by atoms with van der Waals surface area (Å²) in [5, 5.41) is 0.199. The van der Waals surface area contributed by atoms with Gasteiger partial charge in [-0.3, -0.25) is 19.1 Å². The summed E-state index contributed by atoms with van der Waals surface area (Å²) >= 11 is 0. The van der Waals surface area contributed by atoms with Crippen LogP contribution in [0.1, 0.15) is 76.4 Å². The van der Waals surface area contributed by atoms with E-state index in [9.17, 15) is 14.4 Å². The van der Waals surface area contributed by atoms with Crippen molar-refractivity contribution in [3.63, 3.8) is 0 Å². The van der Waals surface area contributed by atoms with Gasteiger partial charge in [0.2, 0.25) is 0 Å². The molecule has 7 heteroatoms. The van der Waals surface area contributed by atoms with E-state index in [1.807, 2.05) is 34.6 Å². The Labute approximate surface area is 165 Å². The fourth-order valence-electron chi connectivity index (χ4n) is 3.21. The van der Waals surface area contributed by atoms with Crippen LogP contribution in [0.25, 0.3) is 11.0 Å². The monoisotopic (exact) mass is 388 g/mol. The van der Waals surface area contributed by atoms with E-state index in [1.165, 1.54) is 4.57 Å². The highest BCUT2D eigenvalue weighted by Crippen LogP contribution is 2.21. The van der Waals surface area contributed by atoms with Crippen molar-refractivity contribution in [1.82, 2.24) is 19.4 Å². The smallest absolute Gasteiger partial charge is 0.330 e. The van der Waals surface area contributed by atoms with Crippen LogP contribution in [-0.2, 0) is 6.54 Å². The molecule has 1 N–H and O–H groups in total. The summed E-state index contributed by atoms with van der Waals surface area (Å²) in [5.74, 6) is 0.0567. The SMILES string of the molecule is CCCCN(CC)C(=O)c1cc(C(C)C)nc2c1c(=O)[nH]c(=O)n2CC(C)C. The summed E-state index contributed by atoms with van der Waals surface area (Å²) in [4.78, 5) is 47.2. The Kier molecular flexibility index (Phi) is 7.16. The molecule has 0 saturated carbocycles. The number of H-pyrrole nitrogens is 1. The van der Waals surface area contributed by atoms with Gasteiger partial charge in [0.15, 0.2) is 5.65 Å². The molecule has 0 fully saturated rings. The Balaban J connectivity index is 2.82. The minimum atomic E-state index is -0.558.